The van der Waals surface area contributed by atoms with Gasteiger partial charge in [-0.05, 0) is 55.8 Å². The number of nitrogens with zero attached hydrogens (tertiary/aromatic N) is 2. The number of rotatable bonds is 4. The van der Waals surface area contributed by atoms with E-state index in [2.05, 4.69) is 17.9 Å². The SMILES string of the molecule is COc1cccc(CN2CCC(N3CCCC(C)C3)CCC2=O)c1. The Hall–Kier alpha value is -1.55. The van der Waals surface area contributed by atoms with Crippen molar-refractivity contribution in [2.45, 2.75) is 51.6 Å². The Morgan fingerprint density at radius 3 is 2.88 bits per heavy atom. The highest BCUT2D eigenvalue weighted by Gasteiger charge is 2.28. The molecule has 2 aliphatic rings. The predicted molar refractivity (Wildman–Crippen MR) is 96.0 cm³/mol. The third-order valence-electron chi connectivity index (χ3n) is 5.49. The van der Waals surface area contributed by atoms with Gasteiger partial charge in [-0.25, -0.2) is 0 Å². The number of benzene rings is 1. The molecule has 1 aromatic carbocycles. The second-order valence-electron chi connectivity index (χ2n) is 7.39. The van der Waals surface area contributed by atoms with E-state index >= 15 is 0 Å². The summed E-state index contributed by atoms with van der Waals surface area (Å²) in [5.41, 5.74) is 1.15. The molecule has 3 rings (SSSR count). The van der Waals surface area contributed by atoms with Crippen LogP contribution in [0.25, 0.3) is 0 Å². The van der Waals surface area contributed by atoms with Crippen LogP contribution in [0, 0.1) is 5.92 Å². The van der Waals surface area contributed by atoms with Crippen molar-refractivity contribution >= 4 is 5.91 Å². The van der Waals surface area contributed by atoms with Crippen molar-refractivity contribution in [3.05, 3.63) is 29.8 Å². The number of carbonyl (C=O) groups is 1. The predicted octanol–water partition coefficient (Wildman–Crippen LogP) is 3.31. The van der Waals surface area contributed by atoms with Crippen LogP contribution in [0.2, 0.25) is 0 Å². The Labute approximate surface area is 145 Å². The fourth-order valence-electron chi connectivity index (χ4n) is 4.10. The molecule has 0 aromatic heterocycles. The van der Waals surface area contributed by atoms with Gasteiger partial charge in [0.05, 0.1) is 7.11 Å². The van der Waals surface area contributed by atoms with Gasteiger partial charge in [0.1, 0.15) is 5.75 Å². The van der Waals surface area contributed by atoms with Gasteiger partial charge in [-0.2, -0.15) is 0 Å². The normalized spacial score (nSPS) is 26.2. The van der Waals surface area contributed by atoms with Gasteiger partial charge >= 0.3 is 0 Å². The lowest BCUT2D eigenvalue weighted by Crippen LogP contribution is -2.42. The number of likely N-dealkylation sites (tertiary alicyclic amines) is 2. The van der Waals surface area contributed by atoms with Crippen LogP contribution in [0.3, 0.4) is 0 Å². The molecule has 24 heavy (non-hydrogen) atoms. The Morgan fingerprint density at radius 2 is 2.08 bits per heavy atom. The van der Waals surface area contributed by atoms with Crippen LogP contribution >= 0.6 is 0 Å². The van der Waals surface area contributed by atoms with Gasteiger partial charge in [0.25, 0.3) is 0 Å². The lowest BCUT2D eigenvalue weighted by molar-refractivity contribution is -0.131. The number of ether oxygens (including phenoxy) is 1. The Balaban J connectivity index is 1.60. The molecular formula is C20H30N2O2. The molecule has 0 radical (unpaired) electrons. The van der Waals surface area contributed by atoms with Crippen LogP contribution in [0.5, 0.6) is 5.75 Å². The Kier molecular flexibility index (Phi) is 5.77. The van der Waals surface area contributed by atoms with Crippen molar-refractivity contribution < 1.29 is 9.53 Å². The van der Waals surface area contributed by atoms with Gasteiger partial charge in [0.2, 0.25) is 5.91 Å². The van der Waals surface area contributed by atoms with Crippen LogP contribution in [-0.4, -0.2) is 48.5 Å². The monoisotopic (exact) mass is 330 g/mol. The third kappa shape index (κ3) is 4.29. The first-order valence-electron chi connectivity index (χ1n) is 9.30. The van der Waals surface area contributed by atoms with Crippen molar-refractivity contribution in [1.29, 1.82) is 0 Å². The summed E-state index contributed by atoms with van der Waals surface area (Å²) in [6.45, 7) is 6.32. The summed E-state index contributed by atoms with van der Waals surface area (Å²) < 4.78 is 5.29. The van der Waals surface area contributed by atoms with Crippen LogP contribution in [0.1, 0.15) is 44.6 Å². The molecule has 0 spiro atoms. The molecule has 2 fully saturated rings. The minimum Gasteiger partial charge on any atom is -0.497 e. The molecule has 0 bridgehead atoms. The van der Waals surface area contributed by atoms with E-state index in [9.17, 15) is 4.79 Å². The van der Waals surface area contributed by atoms with Gasteiger partial charge in [0.15, 0.2) is 0 Å². The largest absolute Gasteiger partial charge is 0.497 e. The molecule has 4 nitrogen and oxygen atoms in total. The molecule has 2 unspecified atom stereocenters. The highest BCUT2D eigenvalue weighted by molar-refractivity contribution is 5.76. The van der Waals surface area contributed by atoms with E-state index in [-0.39, 0.29) is 0 Å². The zero-order chi connectivity index (χ0) is 16.9. The minimum atomic E-state index is 0.297. The Morgan fingerprint density at radius 1 is 1.21 bits per heavy atom. The van der Waals surface area contributed by atoms with Gasteiger partial charge in [-0.15, -0.1) is 0 Å². The van der Waals surface area contributed by atoms with E-state index in [0.717, 1.165) is 36.6 Å². The smallest absolute Gasteiger partial charge is 0.222 e. The van der Waals surface area contributed by atoms with E-state index < -0.39 is 0 Å². The molecule has 0 aliphatic carbocycles. The topological polar surface area (TPSA) is 32.8 Å². The first-order chi connectivity index (χ1) is 11.7. The highest BCUT2D eigenvalue weighted by Crippen LogP contribution is 2.25. The van der Waals surface area contributed by atoms with Crippen molar-refractivity contribution in [2.75, 3.05) is 26.7 Å². The quantitative estimate of drug-likeness (QED) is 0.849. The van der Waals surface area contributed by atoms with Gasteiger partial charge < -0.3 is 14.5 Å². The zero-order valence-electron chi connectivity index (χ0n) is 15.0. The molecule has 0 N–H and O–H groups in total. The van der Waals surface area contributed by atoms with Gasteiger partial charge in [-0.1, -0.05) is 19.1 Å². The van der Waals surface area contributed by atoms with E-state index in [4.69, 9.17) is 4.74 Å². The molecule has 1 amide bonds. The Bertz CT molecular complexity index is 560. The summed E-state index contributed by atoms with van der Waals surface area (Å²) in [4.78, 5) is 17.2. The van der Waals surface area contributed by atoms with Gasteiger partial charge in [-0.3, -0.25) is 4.79 Å². The number of hydrogen-bond donors (Lipinski definition) is 0. The van der Waals surface area contributed by atoms with E-state index in [1.54, 1.807) is 7.11 Å². The standard InChI is InChI=1S/C20H30N2O2/c1-16-5-4-11-21(14-16)18-8-9-20(23)22(12-10-18)15-17-6-3-7-19(13-17)24-2/h3,6-7,13,16,18H,4-5,8-12,14-15H2,1-2H3. The molecular weight excluding hydrogens is 300 g/mol. The molecule has 2 heterocycles. The molecule has 4 heteroatoms. The van der Waals surface area contributed by atoms with Crippen molar-refractivity contribution in [2.24, 2.45) is 5.92 Å². The molecule has 2 atom stereocenters. The molecule has 132 valence electrons. The van der Waals surface area contributed by atoms with Crippen LogP contribution < -0.4 is 4.74 Å². The average molecular weight is 330 g/mol. The van der Waals surface area contributed by atoms with Crippen LogP contribution in [-0.2, 0) is 11.3 Å². The number of carbonyl (C=O) groups excluding carboxylic acids is 1. The maximum absolute atomic E-state index is 12.5. The average Bonchev–Trinajstić information content (AvgIpc) is 2.77. The number of amides is 1. The summed E-state index contributed by atoms with van der Waals surface area (Å²) in [6, 6.07) is 8.62. The van der Waals surface area contributed by atoms with E-state index in [1.807, 2.05) is 23.1 Å². The van der Waals surface area contributed by atoms with Gasteiger partial charge in [0, 0.05) is 32.1 Å². The zero-order valence-corrected chi connectivity index (χ0v) is 15.0. The molecule has 1 aromatic rings. The van der Waals surface area contributed by atoms with Crippen molar-refractivity contribution in [1.82, 2.24) is 9.80 Å². The number of hydrogen-bond acceptors (Lipinski definition) is 3. The summed E-state index contributed by atoms with van der Waals surface area (Å²) in [5, 5.41) is 0. The second kappa shape index (κ2) is 8.02. The highest BCUT2D eigenvalue weighted by atomic mass is 16.5. The first-order valence-corrected chi connectivity index (χ1v) is 9.30. The summed E-state index contributed by atoms with van der Waals surface area (Å²) in [7, 11) is 1.68. The third-order valence-corrected chi connectivity index (χ3v) is 5.49. The summed E-state index contributed by atoms with van der Waals surface area (Å²) in [5.74, 6) is 1.95. The lowest BCUT2D eigenvalue weighted by atomic mass is 9.96. The van der Waals surface area contributed by atoms with Crippen molar-refractivity contribution in [3.63, 3.8) is 0 Å². The maximum atomic E-state index is 12.5. The summed E-state index contributed by atoms with van der Waals surface area (Å²) >= 11 is 0. The van der Waals surface area contributed by atoms with Crippen LogP contribution in [0.15, 0.2) is 24.3 Å². The van der Waals surface area contributed by atoms with Crippen molar-refractivity contribution in [3.8, 4) is 5.75 Å². The summed E-state index contributed by atoms with van der Waals surface area (Å²) in [6.07, 6.45) is 5.45. The molecule has 0 saturated carbocycles. The number of methoxy groups -OCH3 is 1. The lowest BCUT2D eigenvalue weighted by Gasteiger charge is -2.37. The molecule has 2 saturated heterocycles. The van der Waals surface area contributed by atoms with E-state index in [1.165, 1.54) is 25.9 Å². The van der Waals surface area contributed by atoms with Crippen LogP contribution in [0.4, 0.5) is 0 Å². The fraction of sp³-hybridized carbons (Fsp3) is 0.650. The minimum absolute atomic E-state index is 0.297. The molecule has 2 aliphatic heterocycles. The number of piperidine rings is 1. The first kappa shape index (κ1) is 17.3. The fourth-order valence-corrected chi connectivity index (χ4v) is 4.10. The maximum Gasteiger partial charge on any atom is 0.222 e. The van der Waals surface area contributed by atoms with E-state index in [0.29, 0.717) is 24.9 Å². The second-order valence-corrected chi connectivity index (χ2v) is 7.39.